The summed E-state index contributed by atoms with van der Waals surface area (Å²) in [5, 5.41) is 25.7. The van der Waals surface area contributed by atoms with Crippen LogP contribution in [-0.2, 0) is 10.0 Å². The van der Waals surface area contributed by atoms with E-state index in [0.29, 0.717) is 18.8 Å². The second kappa shape index (κ2) is 8.12. The van der Waals surface area contributed by atoms with Crippen molar-refractivity contribution in [2.45, 2.75) is 23.8 Å². The quantitative estimate of drug-likeness (QED) is 0.505. The smallest absolute Gasteiger partial charge is 0.292 e. The lowest BCUT2D eigenvalue weighted by molar-refractivity contribution is -0.387. The van der Waals surface area contributed by atoms with Crippen LogP contribution in [0.15, 0.2) is 47.4 Å². The predicted molar refractivity (Wildman–Crippen MR) is 114 cm³/mol. The van der Waals surface area contributed by atoms with Crippen molar-refractivity contribution in [3.05, 3.63) is 62.7 Å². The van der Waals surface area contributed by atoms with Gasteiger partial charge in [0, 0.05) is 50.0 Å². The Hall–Kier alpha value is -3.25. The molecule has 1 N–H and O–H groups in total. The van der Waals surface area contributed by atoms with Gasteiger partial charge in [-0.15, -0.1) is 0 Å². The van der Waals surface area contributed by atoms with Gasteiger partial charge in [-0.3, -0.25) is 20.2 Å². The second-order valence-corrected chi connectivity index (χ2v) is 9.40. The van der Waals surface area contributed by atoms with Crippen molar-refractivity contribution in [3.8, 4) is 0 Å². The van der Waals surface area contributed by atoms with Crippen molar-refractivity contribution in [3.63, 3.8) is 0 Å². The number of hydrogen-bond donors (Lipinski definition) is 1. The van der Waals surface area contributed by atoms with Crippen LogP contribution in [0.3, 0.4) is 0 Å². The average molecular weight is 447 g/mol. The van der Waals surface area contributed by atoms with E-state index in [-0.39, 0.29) is 29.7 Å². The van der Waals surface area contributed by atoms with Gasteiger partial charge in [-0.25, -0.2) is 8.42 Å². The van der Waals surface area contributed by atoms with Crippen LogP contribution in [0.5, 0.6) is 0 Å². The maximum absolute atomic E-state index is 13.0. The van der Waals surface area contributed by atoms with Gasteiger partial charge in [-0.05, 0) is 31.0 Å². The number of piperazine rings is 1. The van der Waals surface area contributed by atoms with E-state index in [1.54, 1.807) is 12.1 Å². The number of sulfonamides is 1. The highest BCUT2D eigenvalue weighted by molar-refractivity contribution is 7.89. The van der Waals surface area contributed by atoms with Crippen LogP contribution in [0.2, 0.25) is 0 Å². The number of benzene rings is 2. The highest BCUT2D eigenvalue weighted by Crippen LogP contribution is 2.35. The second-order valence-electron chi connectivity index (χ2n) is 7.49. The Morgan fingerprint density at radius 2 is 1.55 bits per heavy atom. The van der Waals surface area contributed by atoms with Gasteiger partial charge in [0.05, 0.1) is 9.85 Å². The highest BCUT2D eigenvalue weighted by Gasteiger charge is 2.34. The molecule has 0 aromatic heterocycles. The summed E-state index contributed by atoms with van der Waals surface area (Å²) >= 11 is 0. The molecule has 1 saturated carbocycles. The van der Waals surface area contributed by atoms with Crippen LogP contribution in [0, 0.1) is 20.2 Å². The third-order valence-corrected chi connectivity index (χ3v) is 7.34. The largest absolute Gasteiger partial charge is 0.377 e. The van der Waals surface area contributed by atoms with Crippen LogP contribution in [-0.4, -0.2) is 54.8 Å². The first-order chi connectivity index (χ1) is 14.8. The normalized spacial score (nSPS) is 17.4. The zero-order valence-electron chi connectivity index (χ0n) is 16.5. The fourth-order valence-electron chi connectivity index (χ4n) is 3.59. The van der Waals surface area contributed by atoms with Gasteiger partial charge in [-0.1, -0.05) is 12.1 Å². The van der Waals surface area contributed by atoms with E-state index in [0.717, 1.165) is 18.5 Å². The van der Waals surface area contributed by atoms with Gasteiger partial charge in [-0.2, -0.15) is 4.31 Å². The lowest BCUT2D eigenvalue weighted by atomic mass is 10.2. The molecule has 2 fully saturated rings. The van der Waals surface area contributed by atoms with Gasteiger partial charge in [0.2, 0.25) is 10.0 Å². The average Bonchev–Trinajstić information content (AvgIpc) is 3.57. The van der Waals surface area contributed by atoms with Gasteiger partial charge in [0.25, 0.3) is 11.4 Å². The van der Waals surface area contributed by atoms with E-state index in [1.807, 2.05) is 4.90 Å². The van der Waals surface area contributed by atoms with E-state index in [1.165, 1.54) is 34.6 Å². The van der Waals surface area contributed by atoms with Crippen molar-refractivity contribution >= 4 is 32.8 Å². The van der Waals surface area contributed by atoms with Crippen LogP contribution < -0.4 is 10.2 Å². The first-order valence-corrected chi connectivity index (χ1v) is 11.2. The topological polar surface area (TPSA) is 139 Å². The first-order valence-electron chi connectivity index (χ1n) is 9.81. The summed E-state index contributed by atoms with van der Waals surface area (Å²) in [5.74, 6) is 0. The Morgan fingerprint density at radius 1 is 0.903 bits per heavy atom. The first kappa shape index (κ1) is 21.0. The molecule has 1 aliphatic carbocycles. The maximum atomic E-state index is 13.0. The summed E-state index contributed by atoms with van der Waals surface area (Å²) in [6.45, 7) is 1.02. The van der Waals surface area contributed by atoms with Crippen molar-refractivity contribution in [2.24, 2.45) is 0 Å². The summed E-state index contributed by atoms with van der Waals surface area (Å²) < 4.78 is 27.2. The van der Waals surface area contributed by atoms with Crippen molar-refractivity contribution in [1.82, 2.24) is 4.31 Å². The van der Waals surface area contributed by atoms with Crippen molar-refractivity contribution in [2.75, 3.05) is 36.4 Å². The fourth-order valence-corrected chi connectivity index (χ4v) is 5.17. The van der Waals surface area contributed by atoms with E-state index >= 15 is 0 Å². The van der Waals surface area contributed by atoms with E-state index in [4.69, 9.17) is 0 Å². The molecule has 0 bridgehead atoms. The van der Waals surface area contributed by atoms with E-state index < -0.39 is 25.6 Å². The highest BCUT2D eigenvalue weighted by atomic mass is 32.2. The molecule has 1 aliphatic heterocycles. The van der Waals surface area contributed by atoms with Gasteiger partial charge in [0.1, 0.15) is 5.69 Å². The summed E-state index contributed by atoms with van der Waals surface area (Å²) in [4.78, 5) is 23.0. The Kier molecular flexibility index (Phi) is 5.50. The molecule has 0 atom stereocenters. The molecule has 31 heavy (non-hydrogen) atoms. The third kappa shape index (κ3) is 4.30. The Labute approximate surface area is 178 Å². The predicted octanol–water partition coefficient (Wildman–Crippen LogP) is 2.59. The number of para-hydroxylation sites is 1. The molecule has 1 saturated heterocycles. The zero-order chi connectivity index (χ0) is 22.2. The molecule has 0 amide bonds. The van der Waals surface area contributed by atoms with Crippen LogP contribution in [0.25, 0.3) is 0 Å². The number of nitro benzene ring substituents is 2. The molecule has 12 heteroatoms. The lowest BCUT2D eigenvalue weighted by Crippen LogP contribution is -2.48. The molecule has 0 spiro atoms. The SMILES string of the molecule is O=[N+]([O-])c1ccc(N2CCN(S(=O)(=O)c3ccccc3[N+](=O)[O-])CC2)cc1NC1CC1. The summed E-state index contributed by atoms with van der Waals surface area (Å²) in [6, 6.07) is 10.4. The van der Waals surface area contributed by atoms with Gasteiger partial charge in [0.15, 0.2) is 4.90 Å². The van der Waals surface area contributed by atoms with Crippen molar-refractivity contribution in [1.29, 1.82) is 0 Å². The number of rotatable bonds is 7. The Balaban J connectivity index is 1.51. The van der Waals surface area contributed by atoms with E-state index in [9.17, 15) is 28.6 Å². The Morgan fingerprint density at radius 3 is 2.16 bits per heavy atom. The van der Waals surface area contributed by atoms with Crippen molar-refractivity contribution < 1.29 is 18.3 Å². The Bertz CT molecular complexity index is 1130. The standard InChI is InChI=1S/C19H21N5O6S/c25-23(26)17-8-7-15(13-16(17)20-14-5-6-14)21-9-11-22(12-10-21)31(29,30)19-4-2-1-3-18(19)24(27)28/h1-4,7-8,13-14,20H,5-6,9-12H2. The summed E-state index contributed by atoms with van der Waals surface area (Å²) in [6.07, 6.45) is 1.95. The maximum Gasteiger partial charge on any atom is 0.292 e. The molecule has 2 aromatic rings. The molecular formula is C19H21N5O6S. The zero-order valence-corrected chi connectivity index (χ0v) is 17.3. The van der Waals surface area contributed by atoms with Crippen LogP contribution >= 0.6 is 0 Å². The number of anilines is 2. The molecule has 0 radical (unpaired) electrons. The lowest BCUT2D eigenvalue weighted by Gasteiger charge is -2.35. The molecule has 1 heterocycles. The molecule has 4 rings (SSSR count). The molecule has 2 aromatic carbocycles. The minimum atomic E-state index is -4.01. The molecule has 164 valence electrons. The fraction of sp³-hybridized carbons (Fsp3) is 0.368. The number of nitro groups is 2. The molecule has 2 aliphatic rings. The molecule has 11 nitrogen and oxygen atoms in total. The number of hydrogen-bond acceptors (Lipinski definition) is 8. The number of nitrogens with zero attached hydrogens (tertiary/aromatic N) is 4. The minimum Gasteiger partial charge on any atom is -0.377 e. The van der Waals surface area contributed by atoms with Crippen LogP contribution in [0.1, 0.15) is 12.8 Å². The van der Waals surface area contributed by atoms with E-state index in [2.05, 4.69) is 5.32 Å². The summed E-state index contributed by atoms with van der Waals surface area (Å²) in [7, 11) is -4.01. The third-order valence-electron chi connectivity index (χ3n) is 5.40. The molecule has 0 unspecified atom stereocenters. The monoisotopic (exact) mass is 447 g/mol. The summed E-state index contributed by atoms with van der Waals surface area (Å²) in [5.41, 5.74) is 0.779. The van der Waals surface area contributed by atoms with Crippen LogP contribution in [0.4, 0.5) is 22.7 Å². The van der Waals surface area contributed by atoms with Gasteiger partial charge >= 0.3 is 0 Å². The molecular weight excluding hydrogens is 426 g/mol. The van der Waals surface area contributed by atoms with Gasteiger partial charge < -0.3 is 10.2 Å². The number of nitrogens with one attached hydrogen (secondary N) is 1. The minimum absolute atomic E-state index is 0.00764.